The first-order valence-electron chi connectivity index (χ1n) is 8.82. The largest absolute Gasteiger partial charge is 0.396 e. The van der Waals surface area contributed by atoms with Gasteiger partial charge in [-0.15, -0.1) is 0 Å². The molecular formula is C19H28N2O2. The SMILES string of the molecule is Cc1cccc(CC(=O)N2C[C@@H](CN3CCCC3)[C@@H](CO)C2)c1. The maximum Gasteiger partial charge on any atom is 0.227 e. The summed E-state index contributed by atoms with van der Waals surface area (Å²) in [6.45, 7) is 7.12. The van der Waals surface area contributed by atoms with E-state index in [1.807, 2.05) is 17.0 Å². The molecule has 2 aliphatic rings. The van der Waals surface area contributed by atoms with E-state index in [2.05, 4.69) is 24.0 Å². The van der Waals surface area contributed by atoms with Crippen molar-refractivity contribution in [3.63, 3.8) is 0 Å². The van der Waals surface area contributed by atoms with Crippen molar-refractivity contribution in [2.45, 2.75) is 26.2 Å². The Balaban J connectivity index is 1.58. The lowest BCUT2D eigenvalue weighted by atomic mass is 9.96. The first kappa shape index (κ1) is 16.5. The number of carbonyl (C=O) groups is 1. The number of aryl methyl sites for hydroxylation is 1. The zero-order valence-electron chi connectivity index (χ0n) is 14.1. The topological polar surface area (TPSA) is 43.8 Å². The van der Waals surface area contributed by atoms with E-state index in [1.165, 1.54) is 31.5 Å². The van der Waals surface area contributed by atoms with E-state index < -0.39 is 0 Å². The molecule has 0 bridgehead atoms. The van der Waals surface area contributed by atoms with Gasteiger partial charge in [0.05, 0.1) is 6.42 Å². The molecule has 2 saturated heterocycles. The molecule has 1 aromatic rings. The summed E-state index contributed by atoms with van der Waals surface area (Å²) in [5.41, 5.74) is 2.27. The van der Waals surface area contributed by atoms with Gasteiger partial charge in [-0.1, -0.05) is 29.8 Å². The van der Waals surface area contributed by atoms with E-state index in [0.717, 1.165) is 18.7 Å². The van der Waals surface area contributed by atoms with Crippen LogP contribution in [0, 0.1) is 18.8 Å². The third-order valence-corrected chi connectivity index (χ3v) is 5.29. The number of amides is 1. The number of carbonyl (C=O) groups excluding carboxylic acids is 1. The highest BCUT2D eigenvalue weighted by Gasteiger charge is 2.35. The molecular weight excluding hydrogens is 288 g/mol. The maximum absolute atomic E-state index is 12.6. The average Bonchev–Trinajstić information content (AvgIpc) is 3.17. The Kier molecular flexibility index (Phi) is 5.34. The predicted molar refractivity (Wildman–Crippen MR) is 91.2 cm³/mol. The molecule has 0 spiro atoms. The summed E-state index contributed by atoms with van der Waals surface area (Å²) in [7, 11) is 0. The zero-order valence-corrected chi connectivity index (χ0v) is 14.1. The smallest absolute Gasteiger partial charge is 0.227 e. The van der Waals surface area contributed by atoms with Crippen molar-refractivity contribution in [3.05, 3.63) is 35.4 Å². The molecule has 2 aliphatic heterocycles. The number of hydrogen-bond acceptors (Lipinski definition) is 3. The average molecular weight is 316 g/mol. The second kappa shape index (κ2) is 7.45. The van der Waals surface area contributed by atoms with Crippen molar-refractivity contribution in [2.75, 3.05) is 39.3 Å². The molecule has 1 amide bonds. The molecule has 0 radical (unpaired) electrons. The van der Waals surface area contributed by atoms with Crippen LogP contribution in [-0.4, -0.2) is 60.1 Å². The molecule has 126 valence electrons. The number of hydrogen-bond donors (Lipinski definition) is 1. The Labute approximate surface area is 139 Å². The van der Waals surface area contributed by atoms with Gasteiger partial charge in [-0.05, 0) is 44.3 Å². The van der Waals surface area contributed by atoms with Gasteiger partial charge >= 0.3 is 0 Å². The number of likely N-dealkylation sites (tertiary alicyclic amines) is 2. The van der Waals surface area contributed by atoms with Crippen molar-refractivity contribution in [2.24, 2.45) is 11.8 Å². The van der Waals surface area contributed by atoms with Crippen molar-refractivity contribution < 1.29 is 9.90 Å². The summed E-state index contributed by atoms with van der Waals surface area (Å²) in [5.74, 6) is 0.842. The summed E-state index contributed by atoms with van der Waals surface area (Å²) in [4.78, 5) is 17.1. The van der Waals surface area contributed by atoms with Crippen LogP contribution in [0.1, 0.15) is 24.0 Å². The molecule has 0 saturated carbocycles. The molecule has 0 aromatic heterocycles. The zero-order chi connectivity index (χ0) is 16.2. The third kappa shape index (κ3) is 4.12. The number of nitrogens with zero attached hydrogens (tertiary/aromatic N) is 2. The first-order chi connectivity index (χ1) is 11.2. The van der Waals surface area contributed by atoms with Gasteiger partial charge in [0.1, 0.15) is 0 Å². The van der Waals surface area contributed by atoms with Crippen molar-refractivity contribution in [3.8, 4) is 0 Å². The number of benzene rings is 1. The van der Waals surface area contributed by atoms with Crippen LogP contribution in [0.4, 0.5) is 0 Å². The predicted octanol–water partition coefficient (Wildman–Crippen LogP) is 1.70. The molecule has 4 nitrogen and oxygen atoms in total. The van der Waals surface area contributed by atoms with Gasteiger partial charge in [0.25, 0.3) is 0 Å². The van der Waals surface area contributed by atoms with Crippen LogP contribution in [0.25, 0.3) is 0 Å². The van der Waals surface area contributed by atoms with Crippen LogP contribution in [-0.2, 0) is 11.2 Å². The Morgan fingerprint density at radius 1 is 1.22 bits per heavy atom. The molecule has 2 heterocycles. The summed E-state index contributed by atoms with van der Waals surface area (Å²) >= 11 is 0. The molecule has 4 heteroatoms. The van der Waals surface area contributed by atoms with Crippen molar-refractivity contribution in [1.82, 2.24) is 9.80 Å². The van der Waals surface area contributed by atoms with E-state index in [1.54, 1.807) is 0 Å². The van der Waals surface area contributed by atoms with E-state index in [-0.39, 0.29) is 18.4 Å². The van der Waals surface area contributed by atoms with Gasteiger partial charge < -0.3 is 14.9 Å². The van der Waals surface area contributed by atoms with E-state index in [4.69, 9.17) is 0 Å². The molecule has 23 heavy (non-hydrogen) atoms. The van der Waals surface area contributed by atoms with Crippen molar-refractivity contribution in [1.29, 1.82) is 0 Å². The normalized spacial score (nSPS) is 25.2. The molecule has 2 atom stereocenters. The molecule has 3 rings (SSSR count). The standard InChI is InChI=1S/C19H28N2O2/c1-15-5-4-6-16(9-15)10-19(23)21-12-17(18(13-21)14-22)11-20-7-2-3-8-20/h4-6,9,17-18,22H,2-3,7-8,10-14H2,1H3/t17-,18-/m1/s1. The fourth-order valence-corrected chi connectivity index (χ4v) is 3.96. The van der Waals surface area contributed by atoms with Crippen LogP contribution in [0.3, 0.4) is 0 Å². The van der Waals surface area contributed by atoms with Gasteiger partial charge in [-0.25, -0.2) is 0 Å². The fraction of sp³-hybridized carbons (Fsp3) is 0.632. The Bertz CT molecular complexity index is 540. The Morgan fingerprint density at radius 3 is 2.65 bits per heavy atom. The number of aliphatic hydroxyl groups excluding tert-OH is 1. The summed E-state index contributed by atoms with van der Waals surface area (Å²) in [6.07, 6.45) is 3.04. The number of rotatable bonds is 5. The highest BCUT2D eigenvalue weighted by molar-refractivity contribution is 5.79. The second-order valence-corrected chi connectivity index (χ2v) is 7.17. The highest BCUT2D eigenvalue weighted by Crippen LogP contribution is 2.26. The van der Waals surface area contributed by atoms with Crippen LogP contribution >= 0.6 is 0 Å². The minimum atomic E-state index is 0.187. The Morgan fingerprint density at radius 2 is 1.96 bits per heavy atom. The van der Waals surface area contributed by atoms with Gasteiger partial charge in [0.15, 0.2) is 0 Å². The lowest BCUT2D eigenvalue weighted by Crippen LogP contribution is -2.33. The van der Waals surface area contributed by atoms with Gasteiger partial charge in [-0.3, -0.25) is 4.79 Å². The molecule has 2 fully saturated rings. The van der Waals surface area contributed by atoms with Crippen LogP contribution in [0.2, 0.25) is 0 Å². The third-order valence-electron chi connectivity index (χ3n) is 5.29. The molecule has 1 aromatic carbocycles. The molecule has 0 unspecified atom stereocenters. The van der Waals surface area contributed by atoms with Crippen molar-refractivity contribution >= 4 is 5.91 Å². The molecule has 0 aliphatic carbocycles. The first-order valence-corrected chi connectivity index (χ1v) is 8.82. The molecule has 1 N–H and O–H groups in total. The van der Waals surface area contributed by atoms with E-state index in [9.17, 15) is 9.90 Å². The summed E-state index contributed by atoms with van der Waals surface area (Å²) < 4.78 is 0. The van der Waals surface area contributed by atoms with Gasteiger partial charge in [0.2, 0.25) is 5.91 Å². The van der Waals surface area contributed by atoms with Gasteiger partial charge in [0, 0.05) is 32.2 Å². The minimum absolute atomic E-state index is 0.187. The quantitative estimate of drug-likeness (QED) is 0.899. The Hall–Kier alpha value is -1.39. The van der Waals surface area contributed by atoms with Gasteiger partial charge in [-0.2, -0.15) is 0 Å². The highest BCUT2D eigenvalue weighted by atomic mass is 16.3. The van der Waals surface area contributed by atoms with Crippen LogP contribution in [0.15, 0.2) is 24.3 Å². The summed E-state index contributed by atoms with van der Waals surface area (Å²) in [6, 6.07) is 8.16. The maximum atomic E-state index is 12.6. The second-order valence-electron chi connectivity index (χ2n) is 7.17. The summed E-state index contributed by atoms with van der Waals surface area (Å²) in [5, 5.41) is 9.68. The van der Waals surface area contributed by atoms with E-state index >= 15 is 0 Å². The number of aliphatic hydroxyl groups is 1. The lowest BCUT2D eigenvalue weighted by Gasteiger charge is -2.22. The van der Waals surface area contributed by atoms with Crippen LogP contribution < -0.4 is 0 Å². The fourth-order valence-electron chi connectivity index (χ4n) is 3.96. The monoisotopic (exact) mass is 316 g/mol. The minimum Gasteiger partial charge on any atom is -0.396 e. The lowest BCUT2D eigenvalue weighted by molar-refractivity contribution is -0.129. The van der Waals surface area contributed by atoms with Crippen LogP contribution in [0.5, 0.6) is 0 Å². The van der Waals surface area contributed by atoms with E-state index in [0.29, 0.717) is 18.9 Å².